The van der Waals surface area contributed by atoms with Crippen molar-refractivity contribution in [2.75, 3.05) is 32.6 Å². The van der Waals surface area contributed by atoms with E-state index in [0.717, 1.165) is 42.4 Å². The number of anilines is 2. The fourth-order valence-corrected chi connectivity index (χ4v) is 5.55. The molecule has 1 aliphatic heterocycles. The second-order valence-electron chi connectivity index (χ2n) is 10.4. The van der Waals surface area contributed by atoms with E-state index in [1.807, 2.05) is 42.5 Å². The number of nitrogens with one attached hydrogen (secondary N) is 2. The summed E-state index contributed by atoms with van der Waals surface area (Å²) < 4.78 is 47.6. The van der Waals surface area contributed by atoms with Crippen molar-refractivity contribution in [2.45, 2.75) is 38.4 Å². The second kappa shape index (κ2) is 11.3. The molecule has 0 spiro atoms. The molecule has 0 saturated heterocycles. The summed E-state index contributed by atoms with van der Waals surface area (Å²) in [5, 5.41) is 5.98. The summed E-state index contributed by atoms with van der Waals surface area (Å²) in [6.07, 6.45) is -0.140. The maximum atomic E-state index is 14.0. The average Bonchev–Trinajstić information content (AvgIpc) is 3.25. The maximum Gasteiger partial charge on any atom is 0.419 e. The van der Waals surface area contributed by atoms with Gasteiger partial charge in [-0.3, -0.25) is 4.79 Å². The summed E-state index contributed by atoms with van der Waals surface area (Å²) in [6.45, 7) is 3.24. The zero-order chi connectivity index (χ0) is 28.4. The molecular formula is C30H32F3N5O2. The van der Waals surface area contributed by atoms with Crippen molar-refractivity contribution in [3.05, 3.63) is 82.7 Å². The lowest BCUT2D eigenvalue weighted by molar-refractivity contribution is -0.138. The largest absolute Gasteiger partial charge is 0.495 e. The van der Waals surface area contributed by atoms with Crippen molar-refractivity contribution in [3.63, 3.8) is 0 Å². The van der Waals surface area contributed by atoms with Gasteiger partial charge >= 0.3 is 6.18 Å². The summed E-state index contributed by atoms with van der Waals surface area (Å²) in [5.41, 5.74) is 3.74. The van der Waals surface area contributed by atoms with Crippen LogP contribution in [0.5, 0.6) is 5.75 Å². The molecule has 2 heterocycles. The van der Waals surface area contributed by atoms with Gasteiger partial charge < -0.3 is 20.3 Å². The third kappa shape index (κ3) is 5.96. The van der Waals surface area contributed by atoms with Gasteiger partial charge in [-0.15, -0.1) is 0 Å². The molecule has 7 nitrogen and oxygen atoms in total. The van der Waals surface area contributed by atoms with Gasteiger partial charge in [0, 0.05) is 26.2 Å². The van der Waals surface area contributed by atoms with E-state index in [9.17, 15) is 18.0 Å². The predicted octanol–water partition coefficient (Wildman–Crippen LogP) is 5.56. The molecule has 2 aliphatic rings. The molecule has 1 aromatic heterocycles. The number of nitrogens with zero attached hydrogens (tertiary/aromatic N) is 3. The fraction of sp³-hybridized carbons (Fsp3) is 0.367. The van der Waals surface area contributed by atoms with Crippen LogP contribution in [0, 0.1) is 5.92 Å². The van der Waals surface area contributed by atoms with Gasteiger partial charge in [-0.05, 0) is 66.6 Å². The van der Waals surface area contributed by atoms with Crippen molar-refractivity contribution < 1.29 is 22.7 Å². The minimum absolute atomic E-state index is 0.0182. The molecule has 0 fully saturated rings. The SMILES string of the molecule is COc1cc(C2=CCN(C)CC2)ccc1Nc1ncc(C(F)(F)F)c(C[C@@H]2Cc3ccccc3[C@H]2NC(C)=O)n1. The highest BCUT2D eigenvalue weighted by Crippen LogP contribution is 2.40. The van der Waals surface area contributed by atoms with Crippen LogP contribution in [-0.4, -0.2) is 48.0 Å². The van der Waals surface area contributed by atoms with Gasteiger partial charge in [0.15, 0.2) is 0 Å². The standard InChI is InChI=1S/C30H32F3N5O2/c1-18(39)35-28-22(14-21-6-4-5-7-23(21)28)15-26-24(30(31,32)33)17-34-29(37-26)36-25-9-8-20(16-27(25)40-3)19-10-12-38(2)13-11-19/h4-10,16-17,22,28H,11-15H2,1-3H3,(H,35,39)(H,34,36,37)/t22-,28-/m0/s1. The highest BCUT2D eigenvalue weighted by molar-refractivity contribution is 5.74. The Morgan fingerprint density at radius 3 is 2.70 bits per heavy atom. The van der Waals surface area contributed by atoms with Gasteiger partial charge in [0.2, 0.25) is 11.9 Å². The smallest absolute Gasteiger partial charge is 0.419 e. The monoisotopic (exact) mass is 551 g/mol. The number of aromatic nitrogens is 2. The third-order valence-electron chi connectivity index (χ3n) is 7.56. The first-order chi connectivity index (χ1) is 19.1. The van der Waals surface area contributed by atoms with E-state index in [2.05, 4.69) is 38.6 Å². The van der Waals surface area contributed by atoms with Crippen molar-refractivity contribution in [3.8, 4) is 5.75 Å². The van der Waals surface area contributed by atoms with E-state index < -0.39 is 17.8 Å². The number of benzene rings is 2. The van der Waals surface area contributed by atoms with E-state index in [0.29, 0.717) is 17.9 Å². The van der Waals surface area contributed by atoms with E-state index in [1.165, 1.54) is 12.5 Å². The van der Waals surface area contributed by atoms with Crippen LogP contribution in [0.2, 0.25) is 0 Å². The summed E-state index contributed by atoms with van der Waals surface area (Å²) in [5.74, 6) is 0.0552. The minimum atomic E-state index is -4.62. The van der Waals surface area contributed by atoms with Gasteiger partial charge in [0.05, 0.1) is 30.1 Å². The number of halogens is 3. The van der Waals surface area contributed by atoms with Crippen LogP contribution in [0.1, 0.15) is 47.3 Å². The Labute approximate surface area is 231 Å². The molecule has 2 atom stereocenters. The Hall–Kier alpha value is -3.92. The molecule has 1 amide bonds. The highest BCUT2D eigenvalue weighted by atomic mass is 19.4. The molecule has 5 rings (SSSR count). The Balaban J connectivity index is 1.43. The molecule has 10 heteroatoms. The first kappa shape index (κ1) is 27.6. The zero-order valence-electron chi connectivity index (χ0n) is 22.7. The van der Waals surface area contributed by atoms with Crippen LogP contribution in [0.15, 0.2) is 54.7 Å². The molecule has 3 aromatic rings. The van der Waals surface area contributed by atoms with Crippen LogP contribution in [0.3, 0.4) is 0 Å². The number of fused-ring (bicyclic) bond motifs is 1. The minimum Gasteiger partial charge on any atom is -0.495 e. The number of hydrogen-bond donors (Lipinski definition) is 2. The average molecular weight is 552 g/mol. The molecule has 0 saturated carbocycles. The van der Waals surface area contributed by atoms with Gasteiger partial charge in [-0.25, -0.2) is 9.97 Å². The second-order valence-corrected chi connectivity index (χ2v) is 10.4. The molecular weight excluding hydrogens is 519 g/mol. The quantitative estimate of drug-likeness (QED) is 0.401. The molecule has 2 N–H and O–H groups in total. The summed E-state index contributed by atoms with van der Waals surface area (Å²) >= 11 is 0. The van der Waals surface area contributed by atoms with Crippen molar-refractivity contribution in [1.82, 2.24) is 20.2 Å². The van der Waals surface area contributed by atoms with E-state index >= 15 is 0 Å². The first-order valence-electron chi connectivity index (χ1n) is 13.2. The van der Waals surface area contributed by atoms with Gasteiger partial charge in [0.25, 0.3) is 0 Å². The lowest BCUT2D eigenvalue weighted by Gasteiger charge is -2.23. The summed E-state index contributed by atoms with van der Waals surface area (Å²) in [6, 6.07) is 12.9. The summed E-state index contributed by atoms with van der Waals surface area (Å²) in [4.78, 5) is 22.5. The molecule has 0 radical (unpaired) electrons. The number of carbonyl (C=O) groups is 1. The van der Waals surface area contributed by atoms with Crippen LogP contribution < -0.4 is 15.4 Å². The van der Waals surface area contributed by atoms with Gasteiger partial charge in [-0.2, -0.15) is 13.2 Å². The Bertz CT molecular complexity index is 1440. The Kier molecular flexibility index (Phi) is 7.80. The number of amides is 1. The number of carbonyl (C=O) groups excluding carboxylic acids is 1. The summed E-state index contributed by atoms with van der Waals surface area (Å²) in [7, 11) is 3.62. The molecule has 0 bridgehead atoms. The topological polar surface area (TPSA) is 79.4 Å². The maximum absolute atomic E-state index is 14.0. The molecule has 40 heavy (non-hydrogen) atoms. The Morgan fingerprint density at radius 1 is 1.20 bits per heavy atom. The van der Waals surface area contributed by atoms with Crippen LogP contribution in [0.4, 0.5) is 24.8 Å². The van der Waals surface area contributed by atoms with E-state index in [1.54, 1.807) is 7.11 Å². The number of methoxy groups -OCH3 is 1. The van der Waals surface area contributed by atoms with Gasteiger partial charge in [0.1, 0.15) is 5.75 Å². The number of rotatable bonds is 7. The molecule has 0 unspecified atom stereocenters. The van der Waals surface area contributed by atoms with E-state index in [4.69, 9.17) is 4.74 Å². The zero-order valence-corrected chi connectivity index (χ0v) is 22.7. The fourth-order valence-electron chi connectivity index (χ4n) is 5.55. The number of ether oxygens (including phenoxy) is 1. The molecule has 2 aromatic carbocycles. The first-order valence-corrected chi connectivity index (χ1v) is 13.2. The number of alkyl halides is 3. The third-order valence-corrected chi connectivity index (χ3v) is 7.56. The number of likely N-dealkylation sites (N-methyl/N-ethyl adjacent to an activating group) is 1. The predicted molar refractivity (Wildman–Crippen MR) is 147 cm³/mol. The highest BCUT2D eigenvalue weighted by Gasteiger charge is 2.39. The van der Waals surface area contributed by atoms with Crippen molar-refractivity contribution in [2.24, 2.45) is 5.92 Å². The van der Waals surface area contributed by atoms with Crippen LogP contribution in [0.25, 0.3) is 5.57 Å². The van der Waals surface area contributed by atoms with Crippen LogP contribution >= 0.6 is 0 Å². The van der Waals surface area contributed by atoms with Crippen molar-refractivity contribution >= 4 is 23.1 Å². The lowest BCUT2D eigenvalue weighted by Crippen LogP contribution is -2.31. The Morgan fingerprint density at radius 2 is 2.00 bits per heavy atom. The number of hydrogen-bond acceptors (Lipinski definition) is 6. The molecule has 1 aliphatic carbocycles. The van der Waals surface area contributed by atoms with Crippen LogP contribution in [-0.2, 0) is 23.8 Å². The van der Waals surface area contributed by atoms with E-state index in [-0.39, 0.29) is 29.9 Å². The van der Waals surface area contributed by atoms with Crippen molar-refractivity contribution in [1.29, 1.82) is 0 Å². The lowest BCUT2D eigenvalue weighted by atomic mass is 9.93. The molecule has 210 valence electrons. The van der Waals surface area contributed by atoms with Gasteiger partial charge in [-0.1, -0.05) is 36.4 Å². The normalized spacial score (nSPS) is 19.1.